The average molecular weight is 340 g/mol. The fraction of sp³-hybridized carbons (Fsp3) is 0.429. The van der Waals surface area contributed by atoms with E-state index in [1.807, 2.05) is 6.07 Å². The molecule has 0 aliphatic carbocycles. The molecule has 0 saturated carbocycles. The molecular formula is C14H18BrN3O2. The zero-order chi connectivity index (χ0) is 14.5. The summed E-state index contributed by atoms with van der Waals surface area (Å²) in [7, 11) is 1.34. The molecule has 1 aliphatic heterocycles. The standard InChI is InChI=1S/C14H18BrN3O2/c1-20-14(19)11-6-9(15)7-13(12(11)8-16)18-10-2-4-17-5-3-10/h6-8,10,16-18H,2-5H2,1H3. The average Bonchev–Trinajstić information content (AvgIpc) is 2.47. The highest BCUT2D eigenvalue weighted by molar-refractivity contribution is 9.10. The summed E-state index contributed by atoms with van der Waals surface area (Å²) < 4.78 is 5.57. The van der Waals surface area contributed by atoms with Crippen molar-refractivity contribution in [3.8, 4) is 0 Å². The maximum atomic E-state index is 11.8. The number of anilines is 1. The normalized spacial score (nSPS) is 15.7. The molecule has 1 aromatic rings. The number of carbonyl (C=O) groups excluding carboxylic acids is 1. The van der Waals surface area contributed by atoms with Crippen LogP contribution >= 0.6 is 15.9 Å². The van der Waals surface area contributed by atoms with Crippen molar-refractivity contribution in [3.63, 3.8) is 0 Å². The molecule has 1 fully saturated rings. The fourth-order valence-electron chi connectivity index (χ4n) is 2.36. The van der Waals surface area contributed by atoms with Gasteiger partial charge in [0.25, 0.3) is 0 Å². The van der Waals surface area contributed by atoms with E-state index in [2.05, 4.69) is 26.6 Å². The Morgan fingerprint density at radius 1 is 1.50 bits per heavy atom. The molecule has 2 rings (SSSR count). The summed E-state index contributed by atoms with van der Waals surface area (Å²) in [4.78, 5) is 11.8. The molecule has 0 bridgehead atoms. The van der Waals surface area contributed by atoms with E-state index in [1.54, 1.807) is 6.07 Å². The smallest absolute Gasteiger partial charge is 0.338 e. The van der Waals surface area contributed by atoms with Crippen LogP contribution < -0.4 is 10.6 Å². The van der Waals surface area contributed by atoms with Gasteiger partial charge in [0.15, 0.2) is 0 Å². The van der Waals surface area contributed by atoms with Gasteiger partial charge in [0.05, 0.1) is 12.7 Å². The molecule has 20 heavy (non-hydrogen) atoms. The molecule has 0 spiro atoms. The number of rotatable bonds is 4. The van der Waals surface area contributed by atoms with Gasteiger partial charge in [0.1, 0.15) is 0 Å². The Morgan fingerprint density at radius 3 is 2.80 bits per heavy atom. The molecule has 0 atom stereocenters. The van der Waals surface area contributed by atoms with Gasteiger partial charge in [-0.25, -0.2) is 4.79 Å². The number of ether oxygens (including phenoxy) is 1. The van der Waals surface area contributed by atoms with E-state index < -0.39 is 5.97 Å². The summed E-state index contributed by atoms with van der Waals surface area (Å²) in [5.41, 5.74) is 1.76. The first-order valence-corrected chi connectivity index (χ1v) is 7.34. The van der Waals surface area contributed by atoms with Crippen LogP contribution in [0.4, 0.5) is 5.69 Å². The van der Waals surface area contributed by atoms with Gasteiger partial charge in [-0.15, -0.1) is 0 Å². The SMILES string of the molecule is COC(=O)c1cc(Br)cc(NC2CCNCC2)c1C=N. The zero-order valence-corrected chi connectivity index (χ0v) is 12.9. The maximum Gasteiger partial charge on any atom is 0.338 e. The van der Waals surface area contributed by atoms with Crippen molar-refractivity contribution in [1.29, 1.82) is 5.41 Å². The number of nitrogens with one attached hydrogen (secondary N) is 3. The number of halogens is 1. The lowest BCUT2D eigenvalue weighted by Crippen LogP contribution is -2.35. The number of hydrogen-bond acceptors (Lipinski definition) is 5. The second-order valence-corrected chi connectivity index (χ2v) is 5.63. The number of benzene rings is 1. The van der Waals surface area contributed by atoms with E-state index in [1.165, 1.54) is 13.3 Å². The van der Waals surface area contributed by atoms with Crippen LogP contribution in [-0.4, -0.2) is 38.4 Å². The number of esters is 1. The topological polar surface area (TPSA) is 74.2 Å². The minimum Gasteiger partial charge on any atom is -0.465 e. The van der Waals surface area contributed by atoms with Crippen molar-refractivity contribution in [1.82, 2.24) is 5.32 Å². The van der Waals surface area contributed by atoms with Gasteiger partial charge in [0, 0.05) is 28.0 Å². The molecule has 5 nitrogen and oxygen atoms in total. The summed E-state index contributed by atoms with van der Waals surface area (Å²) in [6.45, 7) is 1.96. The van der Waals surface area contributed by atoms with Crippen molar-refractivity contribution >= 4 is 33.8 Å². The molecule has 1 aliphatic rings. The lowest BCUT2D eigenvalue weighted by Gasteiger charge is -2.26. The third-order valence-electron chi connectivity index (χ3n) is 3.39. The van der Waals surface area contributed by atoms with Crippen LogP contribution in [0.3, 0.4) is 0 Å². The van der Waals surface area contributed by atoms with Crippen LogP contribution in [0.1, 0.15) is 28.8 Å². The van der Waals surface area contributed by atoms with Gasteiger partial charge in [-0.05, 0) is 38.1 Å². The molecule has 0 amide bonds. The van der Waals surface area contributed by atoms with E-state index >= 15 is 0 Å². The Bertz CT molecular complexity index is 513. The molecule has 108 valence electrons. The van der Waals surface area contributed by atoms with Gasteiger partial charge >= 0.3 is 5.97 Å². The maximum absolute atomic E-state index is 11.8. The van der Waals surface area contributed by atoms with Crippen molar-refractivity contribution in [2.45, 2.75) is 18.9 Å². The molecule has 6 heteroatoms. The van der Waals surface area contributed by atoms with Crippen molar-refractivity contribution in [2.75, 3.05) is 25.5 Å². The van der Waals surface area contributed by atoms with Gasteiger partial charge in [-0.1, -0.05) is 15.9 Å². The largest absolute Gasteiger partial charge is 0.465 e. The Labute approximate surface area is 126 Å². The monoisotopic (exact) mass is 339 g/mol. The quantitative estimate of drug-likeness (QED) is 0.581. The third kappa shape index (κ3) is 3.37. The first-order valence-electron chi connectivity index (χ1n) is 6.55. The Kier molecular flexibility index (Phi) is 5.14. The molecule has 0 radical (unpaired) electrons. The van der Waals surface area contributed by atoms with Crippen LogP contribution in [-0.2, 0) is 4.74 Å². The van der Waals surface area contributed by atoms with Crippen molar-refractivity contribution in [3.05, 3.63) is 27.7 Å². The highest BCUT2D eigenvalue weighted by atomic mass is 79.9. The first kappa shape index (κ1) is 15.0. The number of piperidine rings is 1. The minimum absolute atomic E-state index is 0.356. The molecule has 1 aromatic carbocycles. The fourth-order valence-corrected chi connectivity index (χ4v) is 2.82. The Hall–Kier alpha value is -1.40. The van der Waals surface area contributed by atoms with E-state index in [0.717, 1.165) is 36.1 Å². The number of hydrogen-bond donors (Lipinski definition) is 3. The number of methoxy groups -OCH3 is 1. The molecular weight excluding hydrogens is 322 g/mol. The molecule has 1 saturated heterocycles. The summed E-state index contributed by atoms with van der Waals surface area (Å²) >= 11 is 3.40. The molecule has 3 N–H and O–H groups in total. The van der Waals surface area contributed by atoms with Gasteiger partial charge < -0.3 is 20.8 Å². The predicted molar refractivity (Wildman–Crippen MR) is 82.9 cm³/mol. The van der Waals surface area contributed by atoms with Crippen LogP contribution in [0, 0.1) is 5.41 Å². The van der Waals surface area contributed by atoms with E-state index in [0.29, 0.717) is 17.2 Å². The van der Waals surface area contributed by atoms with E-state index in [4.69, 9.17) is 10.1 Å². The van der Waals surface area contributed by atoms with Gasteiger partial charge in [0.2, 0.25) is 0 Å². The summed E-state index contributed by atoms with van der Waals surface area (Å²) in [5, 5.41) is 14.3. The second-order valence-electron chi connectivity index (χ2n) is 4.72. The van der Waals surface area contributed by atoms with Crippen LogP contribution in [0.2, 0.25) is 0 Å². The highest BCUT2D eigenvalue weighted by Crippen LogP contribution is 2.27. The van der Waals surface area contributed by atoms with Gasteiger partial charge in [-0.2, -0.15) is 0 Å². The van der Waals surface area contributed by atoms with Crippen LogP contribution in [0.25, 0.3) is 0 Å². The van der Waals surface area contributed by atoms with Crippen molar-refractivity contribution < 1.29 is 9.53 Å². The van der Waals surface area contributed by atoms with Crippen LogP contribution in [0.5, 0.6) is 0 Å². The highest BCUT2D eigenvalue weighted by Gasteiger charge is 2.19. The Morgan fingerprint density at radius 2 is 2.20 bits per heavy atom. The second kappa shape index (κ2) is 6.85. The summed E-state index contributed by atoms with van der Waals surface area (Å²) in [5.74, 6) is -0.432. The molecule has 0 unspecified atom stereocenters. The molecule has 1 heterocycles. The van der Waals surface area contributed by atoms with Crippen molar-refractivity contribution in [2.24, 2.45) is 0 Å². The third-order valence-corrected chi connectivity index (χ3v) is 3.85. The van der Waals surface area contributed by atoms with E-state index in [9.17, 15) is 4.79 Å². The minimum atomic E-state index is -0.432. The Balaban J connectivity index is 2.33. The lowest BCUT2D eigenvalue weighted by atomic mass is 10.0. The van der Waals surface area contributed by atoms with E-state index in [-0.39, 0.29) is 0 Å². The summed E-state index contributed by atoms with van der Waals surface area (Å²) in [6, 6.07) is 3.93. The number of carbonyl (C=O) groups is 1. The zero-order valence-electron chi connectivity index (χ0n) is 11.3. The summed E-state index contributed by atoms with van der Waals surface area (Å²) in [6.07, 6.45) is 3.25. The van der Waals surface area contributed by atoms with Crippen LogP contribution in [0.15, 0.2) is 16.6 Å². The predicted octanol–water partition coefficient (Wildman–Crippen LogP) is 2.40. The molecule has 0 aromatic heterocycles. The first-order chi connectivity index (χ1) is 9.65. The van der Waals surface area contributed by atoms with Gasteiger partial charge in [-0.3, -0.25) is 0 Å². The lowest BCUT2D eigenvalue weighted by molar-refractivity contribution is 0.0600.